The van der Waals surface area contributed by atoms with Gasteiger partial charge in [0.15, 0.2) is 0 Å². The quantitative estimate of drug-likeness (QED) is 0.321. The maximum Gasteiger partial charge on any atom is 0.300 e. The molecule has 0 aliphatic carbocycles. The number of anilines is 1. The van der Waals surface area contributed by atoms with Crippen molar-refractivity contribution in [2.75, 3.05) is 12.0 Å². The number of aryl methyl sites for hydroxylation is 2. The van der Waals surface area contributed by atoms with Crippen LogP contribution >= 0.6 is 11.6 Å². The Hall–Kier alpha value is -3.57. The van der Waals surface area contributed by atoms with E-state index in [0.29, 0.717) is 22.0 Å². The largest absolute Gasteiger partial charge is 0.507 e. The van der Waals surface area contributed by atoms with E-state index in [1.54, 1.807) is 12.1 Å². The van der Waals surface area contributed by atoms with Crippen LogP contribution in [0, 0.1) is 13.8 Å². The minimum absolute atomic E-state index is 0.0139. The number of hydrogen-bond donors (Lipinski definition) is 1. The van der Waals surface area contributed by atoms with E-state index < -0.39 is 17.7 Å². The van der Waals surface area contributed by atoms with E-state index in [4.69, 9.17) is 16.3 Å². The molecule has 1 fully saturated rings. The zero-order valence-electron chi connectivity index (χ0n) is 17.9. The van der Waals surface area contributed by atoms with Gasteiger partial charge in [-0.25, -0.2) is 0 Å². The van der Waals surface area contributed by atoms with Gasteiger partial charge in [-0.15, -0.1) is 0 Å². The molecule has 1 unspecified atom stereocenters. The van der Waals surface area contributed by atoms with Crippen LogP contribution in [0.4, 0.5) is 5.69 Å². The number of amides is 1. The minimum atomic E-state index is -0.804. The molecule has 1 atom stereocenters. The van der Waals surface area contributed by atoms with Crippen molar-refractivity contribution in [2.24, 2.45) is 0 Å². The van der Waals surface area contributed by atoms with Gasteiger partial charge in [0.25, 0.3) is 11.7 Å². The first-order valence-corrected chi connectivity index (χ1v) is 10.5. The lowest BCUT2D eigenvalue weighted by Crippen LogP contribution is -2.29. The van der Waals surface area contributed by atoms with Crippen LogP contribution in [0.25, 0.3) is 5.76 Å². The second-order valence-electron chi connectivity index (χ2n) is 7.69. The Morgan fingerprint density at radius 3 is 2.34 bits per heavy atom. The summed E-state index contributed by atoms with van der Waals surface area (Å²) in [7, 11) is 1.46. The Morgan fingerprint density at radius 1 is 0.969 bits per heavy atom. The van der Waals surface area contributed by atoms with Gasteiger partial charge in [0.2, 0.25) is 0 Å². The number of carbonyl (C=O) groups excluding carboxylic acids is 2. The van der Waals surface area contributed by atoms with Gasteiger partial charge < -0.3 is 9.84 Å². The summed E-state index contributed by atoms with van der Waals surface area (Å²) >= 11 is 6.15. The average Bonchev–Trinajstić information content (AvgIpc) is 3.06. The van der Waals surface area contributed by atoms with E-state index in [9.17, 15) is 14.7 Å². The summed E-state index contributed by atoms with van der Waals surface area (Å²) < 4.78 is 5.36. The first-order chi connectivity index (χ1) is 15.3. The molecular formula is C26H22ClNO4. The topological polar surface area (TPSA) is 66.8 Å². The lowest BCUT2D eigenvalue weighted by atomic mass is 9.94. The third-order valence-electron chi connectivity index (χ3n) is 5.75. The number of hydrogen-bond acceptors (Lipinski definition) is 4. The molecule has 0 saturated carbocycles. The number of aliphatic hydroxyl groups is 1. The van der Waals surface area contributed by atoms with Crippen molar-refractivity contribution in [1.29, 1.82) is 0 Å². The molecule has 32 heavy (non-hydrogen) atoms. The van der Waals surface area contributed by atoms with E-state index >= 15 is 0 Å². The Morgan fingerprint density at radius 2 is 1.69 bits per heavy atom. The monoisotopic (exact) mass is 447 g/mol. The molecule has 1 aliphatic rings. The van der Waals surface area contributed by atoms with Crippen molar-refractivity contribution in [3.8, 4) is 5.75 Å². The third kappa shape index (κ3) is 3.65. The zero-order valence-corrected chi connectivity index (χ0v) is 18.7. The summed E-state index contributed by atoms with van der Waals surface area (Å²) in [6.07, 6.45) is 0. The fourth-order valence-corrected chi connectivity index (χ4v) is 4.11. The van der Waals surface area contributed by atoms with Crippen LogP contribution in [-0.4, -0.2) is 23.9 Å². The van der Waals surface area contributed by atoms with Gasteiger partial charge in [-0.1, -0.05) is 48.0 Å². The maximum absolute atomic E-state index is 13.2. The van der Waals surface area contributed by atoms with Gasteiger partial charge in [0.1, 0.15) is 11.5 Å². The molecule has 6 heteroatoms. The summed E-state index contributed by atoms with van der Waals surface area (Å²) in [6, 6.07) is 18.7. The van der Waals surface area contributed by atoms with Crippen LogP contribution in [0.1, 0.15) is 28.3 Å². The van der Waals surface area contributed by atoms with Crippen LogP contribution in [-0.2, 0) is 9.59 Å². The number of carbonyl (C=O) groups is 2. The molecule has 0 aromatic heterocycles. The molecule has 1 heterocycles. The maximum atomic E-state index is 13.2. The number of benzene rings is 3. The van der Waals surface area contributed by atoms with Crippen molar-refractivity contribution >= 4 is 34.7 Å². The van der Waals surface area contributed by atoms with E-state index in [0.717, 1.165) is 11.1 Å². The first-order valence-electron chi connectivity index (χ1n) is 10.1. The molecule has 3 aromatic carbocycles. The SMILES string of the molecule is COc1ccc(Cl)cc1/C(O)=C1\C(=O)C(=O)N(c2ccc(C)c(C)c2)C1c1ccccc1. The molecule has 1 amide bonds. The number of halogens is 1. The minimum Gasteiger partial charge on any atom is -0.507 e. The predicted molar refractivity (Wildman–Crippen MR) is 125 cm³/mol. The van der Waals surface area contributed by atoms with Gasteiger partial charge in [-0.3, -0.25) is 14.5 Å². The van der Waals surface area contributed by atoms with Crippen molar-refractivity contribution < 1.29 is 19.4 Å². The molecule has 4 rings (SSSR count). The van der Waals surface area contributed by atoms with Gasteiger partial charge in [0, 0.05) is 10.7 Å². The average molecular weight is 448 g/mol. The van der Waals surface area contributed by atoms with E-state index in [2.05, 4.69) is 0 Å². The van der Waals surface area contributed by atoms with Gasteiger partial charge in [0.05, 0.1) is 24.3 Å². The number of aliphatic hydroxyl groups excluding tert-OH is 1. The highest BCUT2D eigenvalue weighted by atomic mass is 35.5. The number of methoxy groups -OCH3 is 1. The van der Waals surface area contributed by atoms with E-state index in [1.165, 1.54) is 18.1 Å². The van der Waals surface area contributed by atoms with E-state index in [-0.39, 0.29) is 16.9 Å². The normalized spacial score (nSPS) is 17.6. The van der Waals surface area contributed by atoms with Crippen LogP contribution in [0.15, 0.2) is 72.3 Å². The highest BCUT2D eigenvalue weighted by Crippen LogP contribution is 2.43. The summed E-state index contributed by atoms with van der Waals surface area (Å²) in [5, 5.41) is 11.6. The molecule has 3 aromatic rings. The summed E-state index contributed by atoms with van der Waals surface area (Å²) in [4.78, 5) is 27.9. The van der Waals surface area contributed by atoms with Crippen molar-refractivity contribution in [2.45, 2.75) is 19.9 Å². The Balaban J connectivity index is 1.98. The van der Waals surface area contributed by atoms with Crippen molar-refractivity contribution in [1.82, 2.24) is 0 Å². The van der Waals surface area contributed by atoms with Crippen molar-refractivity contribution in [3.63, 3.8) is 0 Å². The first kappa shape index (κ1) is 21.7. The highest BCUT2D eigenvalue weighted by Gasteiger charge is 2.47. The summed E-state index contributed by atoms with van der Waals surface area (Å²) in [6.45, 7) is 3.93. The van der Waals surface area contributed by atoms with Gasteiger partial charge in [-0.05, 0) is 60.9 Å². The smallest absolute Gasteiger partial charge is 0.300 e. The summed E-state index contributed by atoms with van der Waals surface area (Å²) in [5.41, 5.74) is 3.59. The van der Waals surface area contributed by atoms with Crippen LogP contribution < -0.4 is 9.64 Å². The molecule has 1 saturated heterocycles. The standard InChI is InChI=1S/C26H22ClNO4/c1-15-9-11-19(13-16(15)2)28-23(17-7-5-4-6-8-17)22(25(30)26(28)31)24(29)20-14-18(27)10-12-21(20)32-3/h4-14,23,29H,1-3H3/b24-22+. The predicted octanol–water partition coefficient (Wildman–Crippen LogP) is 5.59. The number of ketones is 1. The molecule has 1 N–H and O–H groups in total. The molecule has 0 radical (unpaired) electrons. The molecule has 162 valence electrons. The summed E-state index contributed by atoms with van der Waals surface area (Å²) in [5.74, 6) is -1.46. The molecule has 0 spiro atoms. The fourth-order valence-electron chi connectivity index (χ4n) is 3.94. The van der Waals surface area contributed by atoms with Crippen LogP contribution in [0.3, 0.4) is 0 Å². The zero-order chi connectivity index (χ0) is 23.0. The Kier molecular flexibility index (Phi) is 5.76. The van der Waals surface area contributed by atoms with E-state index in [1.807, 2.05) is 62.4 Å². The lowest BCUT2D eigenvalue weighted by Gasteiger charge is -2.26. The van der Waals surface area contributed by atoms with Gasteiger partial charge in [-0.2, -0.15) is 0 Å². The Labute approximate surface area is 191 Å². The Bertz CT molecular complexity index is 1250. The fraction of sp³-hybridized carbons (Fsp3) is 0.154. The third-order valence-corrected chi connectivity index (χ3v) is 5.98. The number of Topliss-reactive ketones (excluding diaryl/α,β-unsaturated/α-hetero) is 1. The van der Waals surface area contributed by atoms with Crippen LogP contribution in [0.5, 0.6) is 5.75 Å². The lowest BCUT2D eigenvalue weighted by molar-refractivity contribution is -0.132. The second-order valence-corrected chi connectivity index (χ2v) is 8.13. The molecule has 1 aliphatic heterocycles. The molecular weight excluding hydrogens is 426 g/mol. The number of nitrogens with zero attached hydrogens (tertiary/aromatic N) is 1. The second kappa shape index (κ2) is 8.52. The van der Waals surface area contributed by atoms with Gasteiger partial charge >= 0.3 is 0 Å². The molecule has 5 nitrogen and oxygen atoms in total. The van der Waals surface area contributed by atoms with Crippen molar-refractivity contribution in [3.05, 3.63) is 99.6 Å². The highest BCUT2D eigenvalue weighted by molar-refractivity contribution is 6.51. The molecule has 0 bridgehead atoms. The number of ether oxygens (including phenoxy) is 1. The van der Waals surface area contributed by atoms with Crippen LogP contribution in [0.2, 0.25) is 5.02 Å². The number of rotatable bonds is 4.